The van der Waals surface area contributed by atoms with Crippen molar-refractivity contribution < 1.29 is 14.3 Å². The summed E-state index contributed by atoms with van der Waals surface area (Å²) in [6.45, 7) is 5.34. The van der Waals surface area contributed by atoms with Gasteiger partial charge in [0.05, 0.1) is 5.69 Å². The molecule has 0 spiro atoms. The fraction of sp³-hybridized carbons (Fsp3) is 0.444. The van der Waals surface area contributed by atoms with Crippen molar-refractivity contribution in [3.05, 3.63) is 40.8 Å². The first-order valence-corrected chi connectivity index (χ1v) is 9.15. The molecular formula is C18H22N2O3S. The number of esters is 1. The van der Waals surface area contributed by atoms with Gasteiger partial charge in [-0.3, -0.25) is 4.79 Å². The fourth-order valence-electron chi connectivity index (χ4n) is 2.90. The summed E-state index contributed by atoms with van der Waals surface area (Å²) >= 11 is 1.33. The van der Waals surface area contributed by atoms with Crippen molar-refractivity contribution in [2.45, 2.75) is 32.8 Å². The second kappa shape index (κ2) is 7.21. The number of carbonyl (C=O) groups is 2. The van der Waals surface area contributed by atoms with Crippen molar-refractivity contribution in [2.24, 2.45) is 5.92 Å². The van der Waals surface area contributed by atoms with E-state index in [0.29, 0.717) is 10.8 Å². The van der Waals surface area contributed by atoms with E-state index in [2.05, 4.69) is 6.92 Å². The summed E-state index contributed by atoms with van der Waals surface area (Å²) < 4.78 is 7.31. The molecule has 0 aromatic carbocycles. The average molecular weight is 346 g/mol. The van der Waals surface area contributed by atoms with Crippen molar-refractivity contribution in [1.82, 2.24) is 9.47 Å². The number of rotatable bonds is 4. The zero-order valence-electron chi connectivity index (χ0n) is 14.0. The van der Waals surface area contributed by atoms with Crippen LogP contribution in [0.3, 0.4) is 0 Å². The van der Waals surface area contributed by atoms with Crippen LogP contribution in [0.4, 0.5) is 0 Å². The molecule has 2 aromatic rings. The molecule has 6 heteroatoms. The van der Waals surface area contributed by atoms with Gasteiger partial charge in [0.2, 0.25) is 0 Å². The fourth-order valence-corrected chi connectivity index (χ4v) is 3.68. The third kappa shape index (κ3) is 3.53. The molecule has 1 amide bonds. The van der Waals surface area contributed by atoms with E-state index < -0.39 is 12.1 Å². The van der Waals surface area contributed by atoms with Gasteiger partial charge in [0.15, 0.2) is 6.10 Å². The Kier molecular flexibility index (Phi) is 5.04. The Hall–Kier alpha value is -2.08. The Morgan fingerprint density at radius 2 is 1.92 bits per heavy atom. The second-order valence-corrected chi connectivity index (χ2v) is 7.20. The third-order valence-electron chi connectivity index (χ3n) is 4.44. The van der Waals surface area contributed by atoms with E-state index in [0.717, 1.165) is 31.6 Å². The molecule has 0 bridgehead atoms. The molecule has 3 rings (SSSR count). The zero-order valence-corrected chi connectivity index (χ0v) is 14.8. The summed E-state index contributed by atoms with van der Waals surface area (Å²) in [5, 5.41) is 1.85. The standard InChI is InChI=1S/C18H22N2O3S/c1-13-5-10-20(11-6-13)17(21)14(2)23-18(22)16-15(7-12-24-16)19-8-3-4-9-19/h3-4,7-9,12-14H,5-6,10-11H2,1-2H3. The van der Waals surface area contributed by atoms with E-state index in [-0.39, 0.29) is 5.91 Å². The number of aromatic nitrogens is 1. The van der Waals surface area contributed by atoms with E-state index in [1.54, 1.807) is 11.8 Å². The Morgan fingerprint density at radius 1 is 1.25 bits per heavy atom. The van der Waals surface area contributed by atoms with Crippen LogP contribution in [-0.4, -0.2) is 40.5 Å². The quantitative estimate of drug-likeness (QED) is 0.798. The van der Waals surface area contributed by atoms with Crippen LogP contribution >= 0.6 is 11.3 Å². The van der Waals surface area contributed by atoms with Crippen LogP contribution in [0.5, 0.6) is 0 Å². The lowest BCUT2D eigenvalue weighted by molar-refractivity contribution is -0.141. The normalized spacial score (nSPS) is 16.8. The first-order valence-electron chi connectivity index (χ1n) is 8.27. The number of thiophene rings is 1. The monoisotopic (exact) mass is 346 g/mol. The molecule has 128 valence electrons. The molecular weight excluding hydrogens is 324 g/mol. The van der Waals surface area contributed by atoms with E-state index in [9.17, 15) is 9.59 Å². The number of nitrogens with zero attached hydrogens (tertiary/aromatic N) is 2. The maximum atomic E-state index is 12.5. The summed E-state index contributed by atoms with van der Waals surface area (Å²) in [7, 11) is 0. The van der Waals surface area contributed by atoms with Gasteiger partial charge in [0.25, 0.3) is 5.91 Å². The lowest BCUT2D eigenvalue weighted by Crippen LogP contribution is -2.44. The van der Waals surface area contributed by atoms with Gasteiger partial charge < -0.3 is 14.2 Å². The molecule has 1 aliphatic rings. The van der Waals surface area contributed by atoms with Crippen LogP contribution in [0.2, 0.25) is 0 Å². The van der Waals surface area contributed by atoms with Crippen LogP contribution in [0.1, 0.15) is 36.4 Å². The zero-order chi connectivity index (χ0) is 17.1. The van der Waals surface area contributed by atoms with Gasteiger partial charge in [-0.25, -0.2) is 4.79 Å². The molecule has 1 atom stereocenters. The molecule has 1 aliphatic heterocycles. The van der Waals surface area contributed by atoms with Crippen LogP contribution in [-0.2, 0) is 9.53 Å². The van der Waals surface area contributed by atoms with E-state index in [1.165, 1.54) is 11.3 Å². The molecule has 0 aliphatic carbocycles. The highest BCUT2D eigenvalue weighted by molar-refractivity contribution is 7.12. The van der Waals surface area contributed by atoms with Gasteiger partial charge >= 0.3 is 5.97 Å². The predicted octanol–water partition coefficient (Wildman–Crippen LogP) is 3.34. The number of hydrogen-bond acceptors (Lipinski definition) is 4. The van der Waals surface area contributed by atoms with Crippen LogP contribution in [0.25, 0.3) is 5.69 Å². The molecule has 0 N–H and O–H groups in total. The summed E-state index contributed by atoms with van der Waals surface area (Å²) in [5.41, 5.74) is 0.779. The van der Waals surface area contributed by atoms with E-state index >= 15 is 0 Å². The molecule has 1 unspecified atom stereocenters. The van der Waals surface area contributed by atoms with Gasteiger partial charge in [-0.2, -0.15) is 0 Å². The van der Waals surface area contributed by atoms with Crippen molar-refractivity contribution in [3.63, 3.8) is 0 Å². The van der Waals surface area contributed by atoms with Crippen molar-refractivity contribution in [3.8, 4) is 5.69 Å². The Morgan fingerprint density at radius 3 is 2.58 bits per heavy atom. The molecule has 0 saturated carbocycles. The molecule has 3 heterocycles. The number of amides is 1. The average Bonchev–Trinajstić information content (AvgIpc) is 3.25. The largest absolute Gasteiger partial charge is 0.448 e. The SMILES string of the molecule is CC1CCN(C(=O)C(C)OC(=O)c2sccc2-n2cccc2)CC1. The maximum Gasteiger partial charge on any atom is 0.351 e. The smallest absolute Gasteiger partial charge is 0.351 e. The minimum atomic E-state index is -0.759. The number of carbonyl (C=O) groups excluding carboxylic acids is 2. The van der Waals surface area contributed by atoms with Crippen molar-refractivity contribution in [1.29, 1.82) is 0 Å². The number of ether oxygens (including phenoxy) is 1. The van der Waals surface area contributed by atoms with Crippen LogP contribution in [0.15, 0.2) is 36.0 Å². The first kappa shape index (κ1) is 16.8. The topological polar surface area (TPSA) is 51.5 Å². The van der Waals surface area contributed by atoms with Gasteiger partial charge in [0.1, 0.15) is 4.88 Å². The number of likely N-dealkylation sites (tertiary alicyclic amines) is 1. The minimum absolute atomic E-state index is 0.102. The van der Waals surface area contributed by atoms with Gasteiger partial charge in [-0.15, -0.1) is 11.3 Å². The molecule has 1 fully saturated rings. The lowest BCUT2D eigenvalue weighted by atomic mass is 9.99. The van der Waals surface area contributed by atoms with E-state index in [1.807, 2.05) is 40.5 Å². The molecule has 0 radical (unpaired) electrons. The highest BCUT2D eigenvalue weighted by atomic mass is 32.1. The predicted molar refractivity (Wildman–Crippen MR) is 93.5 cm³/mol. The summed E-state index contributed by atoms with van der Waals surface area (Å²) in [6, 6.07) is 5.67. The summed E-state index contributed by atoms with van der Waals surface area (Å²) in [4.78, 5) is 27.3. The minimum Gasteiger partial charge on any atom is -0.448 e. The first-order chi connectivity index (χ1) is 11.6. The summed E-state index contributed by atoms with van der Waals surface area (Å²) in [6.07, 6.45) is 5.01. The molecule has 1 saturated heterocycles. The lowest BCUT2D eigenvalue weighted by Gasteiger charge is -2.31. The highest BCUT2D eigenvalue weighted by Gasteiger charge is 2.28. The maximum absolute atomic E-state index is 12.5. The highest BCUT2D eigenvalue weighted by Crippen LogP contribution is 2.23. The molecule has 5 nitrogen and oxygen atoms in total. The Balaban J connectivity index is 1.65. The Labute approximate surface area is 145 Å². The van der Waals surface area contributed by atoms with Gasteiger partial charge in [0, 0.05) is 25.5 Å². The van der Waals surface area contributed by atoms with E-state index in [4.69, 9.17) is 4.74 Å². The third-order valence-corrected chi connectivity index (χ3v) is 5.32. The van der Waals surface area contributed by atoms with Crippen LogP contribution in [0, 0.1) is 5.92 Å². The van der Waals surface area contributed by atoms with Crippen LogP contribution < -0.4 is 0 Å². The van der Waals surface area contributed by atoms with Gasteiger partial charge in [-0.05, 0) is 49.3 Å². The van der Waals surface area contributed by atoms with Crippen molar-refractivity contribution in [2.75, 3.05) is 13.1 Å². The Bertz CT molecular complexity index is 700. The molecule has 24 heavy (non-hydrogen) atoms. The van der Waals surface area contributed by atoms with Crippen molar-refractivity contribution >= 4 is 23.2 Å². The molecule has 2 aromatic heterocycles. The van der Waals surface area contributed by atoms with Gasteiger partial charge in [-0.1, -0.05) is 6.92 Å². The second-order valence-electron chi connectivity index (χ2n) is 6.28. The summed E-state index contributed by atoms with van der Waals surface area (Å²) in [5.74, 6) is 0.108. The number of hydrogen-bond donors (Lipinski definition) is 0. The number of piperidine rings is 1.